The molecule has 19 nitrogen and oxygen atoms in total. The molecule has 3 amide bonds. The Balaban J connectivity index is 0.912. The van der Waals surface area contributed by atoms with Gasteiger partial charge in [-0.25, -0.2) is 18.4 Å². The molecule has 5 heterocycles. The fraction of sp³-hybridized carbons (Fsp3) is 0.413. The second-order valence-corrected chi connectivity index (χ2v) is 20.3. The summed E-state index contributed by atoms with van der Waals surface area (Å²) in [6.07, 6.45) is 4.73. The minimum Gasteiger partial charge on any atom is -0.392 e. The van der Waals surface area contributed by atoms with Crippen LogP contribution in [-0.2, 0) is 54.0 Å². The molecule has 0 spiro atoms. The number of β-amino-alcohol motifs (C(OH)–C–C–N with tert-alkyl or cyclic N) is 1. The summed E-state index contributed by atoms with van der Waals surface area (Å²) in [6.45, 7) is 9.86. The van der Waals surface area contributed by atoms with Gasteiger partial charge in [0.2, 0.25) is 21.8 Å². The van der Waals surface area contributed by atoms with Crippen molar-refractivity contribution < 1.29 is 37.4 Å². The minimum atomic E-state index is -3.42. The Morgan fingerprint density at radius 3 is 2.39 bits per heavy atom. The van der Waals surface area contributed by atoms with Crippen molar-refractivity contribution in [3.63, 3.8) is 0 Å². The van der Waals surface area contributed by atoms with E-state index in [0.717, 1.165) is 43.9 Å². The Morgan fingerprint density at radius 1 is 1.01 bits per heavy atom. The largest absolute Gasteiger partial charge is 0.392 e. The Hall–Kier alpha value is -6.10. The molecule has 1 aliphatic heterocycles. The average Bonchev–Trinajstić information content (AvgIpc) is 4.12. The molecule has 1 saturated heterocycles. The highest BCUT2D eigenvalue weighted by Gasteiger charge is 2.41. The van der Waals surface area contributed by atoms with Crippen LogP contribution in [0.3, 0.4) is 0 Å². The van der Waals surface area contributed by atoms with Gasteiger partial charge in [-0.1, -0.05) is 57.2 Å². The van der Waals surface area contributed by atoms with E-state index in [9.17, 15) is 27.9 Å². The zero-order chi connectivity index (χ0) is 48.0. The van der Waals surface area contributed by atoms with Crippen molar-refractivity contribution in [2.75, 3.05) is 49.2 Å². The maximum absolute atomic E-state index is 14.3. The molecule has 0 saturated carbocycles. The van der Waals surface area contributed by atoms with Crippen LogP contribution in [0.5, 0.6) is 0 Å². The number of carbonyl (C=O) groups excluding carboxylic acids is 3. The Kier molecular flexibility index (Phi) is 15.2. The number of aliphatic hydroxyl groups excluding tert-OH is 1. The highest BCUT2D eigenvalue weighted by atomic mass is 32.2. The number of thiazole rings is 1. The molecule has 7 rings (SSSR count). The maximum atomic E-state index is 14.3. The number of carbonyl (C=O) groups is 3. The minimum absolute atomic E-state index is 0.0233. The van der Waals surface area contributed by atoms with Crippen LogP contribution in [0.4, 0.5) is 11.5 Å². The van der Waals surface area contributed by atoms with Gasteiger partial charge in [0.05, 0.1) is 84.0 Å². The Labute approximate surface area is 393 Å². The molecule has 0 radical (unpaired) electrons. The molecule has 1 fully saturated rings. The average molecular weight is 956 g/mol. The summed E-state index contributed by atoms with van der Waals surface area (Å²) in [4.78, 5) is 52.5. The molecule has 1 unspecified atom stereocenters. The number of nitrogens with zero attached hydrogens (tertiary/aromatic N) is 7. The van der Waals surface area contributed by atoms with Gasteiger partial charge in [-0.05, 0) is 48.9 Å². The van der Waals surface area contributed by atoms with Crippen LogP contribution in [0.1, 0.15) is 45.4 Å². The Morgan fingerprint density at radius 2 is 1.73 bits per heavy atom. The van der Waals surface area contributed by atoms with Crippen molar-refractivity contribution >= 4 is 61.5 Å². The second kappa shape index (κ2) is 20.8. The summed E-state index contributed by atoms with van der Waals surface area (Å²) in [5.41, 5.74) is 14.1. The summed E-state index contributed by atoms with van der Waals surface area (Å²) >= 11 is 1.53. The van der Waals surface area contributed by atoms with E-state index >= 15 is 0 Å². The summed E-state index contributed by atoms with van der Waals surface area (Å²) in [5, 5.41) is 25.9. The van der Waals surface area contributed by atoms with Crippen molar-refractivity contribution in [2.24, 2.45) is 12.5 Å². The predicted octanol–water partition coefficient (Wildman–Crippen LogP) is 4.12. The third kappa shape index (κ3) is 11.7. The number of aromatic nitrogens is 6. The van der Waals surface area contributed by atoms with Gasteiger partial charge < -0.3 is 30.9 Å². The smallest absolute Gasteiger partial charge is 0.252 e. The van der Waals surface area contributed by atoms with Crippen molar-refractivity contribution in [1.29, 1.82) is 0 Å². The molecule has 67 heavy (non-hydrogen) atoms. The van der Waals surface area contributed by atoms with Gasteiger partial charge in [0.1, 0.15) is 24.2 Å². The standard InChI is InChI=1S/C46H57N11O8S2/c1-7-67(62,63)54-33-14-12-30(13-15-33)39-38-40(55(6)53-39)35(23-49-43(38)47)32-21-51-56(25-32)16-17-64-18-19-65-26-37(59)52-42(46(3,4)5)45(61)57(44(60)36-20-34(58)22-48-36)24-29-8-10-31(11-9-29)41-28(2)50-27-66-41/h8-15,21,23,25,27,34,36,42,48,54,58H,7,16-20,22,24,26H2,1-6H3,(H2,47,49)(H,52,59)/t34-,36+,42?/m1/s1. The molecule has 3 atom stereocenters. The SMILES string of the molecule is CCS(=O)(=O)Nc1ccc(-c2nn(C)c3c(-c4cnn(CCOCCOCC(=O)NC(C(=O)N(Cc5ccc(-c6scnc6C)cc5)C(=O)[C@@H]5C[C@@H](O)CN5)C(C)(C)C)c4)cnc(N)c23)cc1. The zero-order valence-electron chi connectivity index (χ0n) is 38.4. The second-order valence-electron chi connectivity index (χ2n) is 17.4. The van der Waals surface area contributed by atoms with E-state index < -0.39 is 51.3 Å². The molecular formula is C46H57N11O8S2. The summed E-state index contributed by atoms with van der Waals surface area (Å²) in [7, 11) is -1.61. The number of sulfonamides is 1. The normalized spacial score (nSPS) is 15.7. The molecule has 356 valence electrons. The maximum Gasteiger partial charge on any atom is 0.252 e. The first kappa shape index (κ1) is 48.8. The number of benzene rings is 2. The lowest BCUT2D eigenvalue weighted by Gasteiger charge is -2.35. The van der Waals surface area contributed by atoms with E-state index in [0.29, 0.717) is 35.7 Å². The number of anilines is 2. The molecule has 6 N–H and O–H groups in total. The Bertz CT molecular complexity index is 2820. The van der Waals surface area contributed by atoms with Crippen molar-refractivity contribution in [3.05, 3.63) is 83.9 Å². The monoisotopic (exact) mass is 955 g/mol. The zero-order valence-corrected chi connectivity index (χ0v) is 40.0. The fourth-order valence-electron chi connectivity index (χ4n) is 7.75. The van der Waals surface area contributed by atoms with Crippen molar-refractivity contribution in [2.45, 2.75) is 72.3 Å². The van der Waals surface area contributed by atoms with Crippen molar-refractivity contribution in [1.82, 2.24) is 45.1 Å². The van der Waals surface area contributed by atoms with Crippen LogP contribution in [0.15, 0.2) is 72.6 Å². The molecule has 2 aromatic carbocycles. The van der Waals surface area contributed by atoms with Crippen LogP contribution in [-0.4, -0.2) is 123 Å². The van der Waals surface area contributed by atoms with E-state index in [4.69, 9.17) is 20.3 Å². The summed E-state index contributed by atoms with van der Waals surface area (Å²) in [5.74, 6) is -1.30. The van der Waals surface area contributed by atoms with Crippen LogP contribution in [0, 0.1) is 12.3 Å². The first-order chi connectivity index (χ1) is 31.9. The lowest BCUT2D eigenvalue weighted by molar-refractivity contribution is -0.151. The number of hydrogen-bond acceptors (Lipinski definition) is 15. The fourth-order valence-corrected chi connectivity index (χ4v) is 9.20. The number of aliphatic hydroxyl groups is 1. The van der Waals surface area contributed by atoms with Gasteiger partial charge in [-0.15, -0.1) is 11.3 Å². The number of nitrogens with one attached hydrogen (secondary N) is 3. The first-order valence-electron chi connectivity index (χ1n) is 21.9. The van der Waals surface area contributed by atoms with Gasteiger partial charge in [0, 0.05) is 48.4 Å². The van der Waals surface area contributed by atoms with Crippen molar-refractivity contribution in [3.8, 4) is 32.8 Å². The number of nitrogen functional groups attached to an aromatic ring is 1. The summed E-state index contributed by atoms with van der Waals surface area (Å²) in [6, 6.07) is 12.7. The van der Waals surface area contributed by atoms with E-state index in [1.165, 1.54) is 16.2 Å². The molecule has 4 aromatic heterocycles. The van der Waals surface area contributed by atoms with E-state index in [1.807, 2.05) is 65.2 Å². The molecule has 21 heteroatoms. The number of pyridine rings is 1. The highest BCUT2D eigenvalue weighted by molar-refractivity contribution is 7.92. The van der Waals surface area contributed by atoms with Gasteiger partial charge in [-0.3, -0.25) is 33.4 Å². The lowest BCUT2D eigenvalue weighted by Crippen LogP contribution is -2.58. The number of ether oxygens (including phenoxy) is 2. The number of amides is 3. The predicted molar refractivity (Wildman–Crippen MR) is 256 cm³/mol. The topological polar surface area (TPSA) is 251 Å². The summed E-state index contributed by atoms with van der Waals surface area (Å²) < 4.78 is 41.5. The first-order valence-corrected chi connectivity index (χ1v) is 24.4. The number of aryl methyl sites for hydroxylation is 2. The quantitative estimate of drug-likeness (QED) is 0.0717. The van der Waals surface area contributed by atoms with Gasteiger partial charge in [0.15, 0.2) is 0 Å². The highest BCUT2D eigenvalue weighted by Crippen LogP contribution is 2.37. The molecule has 0 bridgehead atoms. The number of rotatable bonds is 19. The van der Waals surface area contributed by atoms with E-state index in [-0.39, 0.29) is 45.1 Å². The lowest BCUT2D eigenvalue weighted by atomic mass is 9.85. The van der Waals surface area contributed by atoms with Crippen LogP contribution < -0.4 is 21.1 Å². The number of nitrogens with two attached hydrogens (primary N) is 1. The van der Waals surface area contributed by atoms with E-state index in [2.05, 4.69) is 30.4 Å². The molecule has 0 aliphatic carbocycles. The number of hydrogen-bond donors (Lipinski definition) is 5. The van der Waals surface area contributed by atoms with Gasteiger partial charge in [-0.2, -0.15) is 10.2 Å². The third-order valence-corrected chi connectivity index (χ3v) is 13.7. The molecule has 6 aromatic rings. The molecule has 1 aliphatic rings. The number of fused-ring (bicyclic) bond motifs is 1. The van der Waals surface area contributed by atoms with Gasteiger partial charge >= 0.3 is 0 Å². The van der Waals surface area contributed by atoms with Crippen LogP contribution in [0.2, 0.25) is 0 Å². The number of imide groups is 1. The van der Waals surface area contributed by atoms with Crippen LogP contribution in [0.25, 0.3) is 43.7 Å². The van der Waals surface area contributed by atoms with Crippen LogP contribution >= 0.6 is 11.3 Å². The van der Waals surface area contributed by atoms with E-state index in [1.54, 1.807) is 58.5 Å². The van der Waals surface area contributed by atoms with Gasteiger partial charge in [0.25, 0.3) is 5.91 Å². The third-order valence-electron chi connectivity index (χ3n) is 11.4. The molecular weight excluding hydrogens is 899 g/mol.